The van der Waals surface area contributed by atoms with Gasteiger partial charge in [0.25, 0.3) is 5.91 Å². The van der Waals surface area contributed by atoms with Crippen LogP contribution in [0.2, 0.25) is 5.02 Å². The predicted molar refractivity (Wildman–Crippen MR) is 97.8 cm³/mol. The summed E-state index contributed by atoms with van der Waals surface area (Å²) in [6.07, 6.45) is 0.983. The van der Waals surface area contributed by atoms with Crippen LogP contribution in [0.25, 0.3) is 0 Å². The molecule has 2 rings (SSSR count). The number of carbonyl (C=O) groups is 1. The number of hydrogen-bond donors (Lipinski definition) is 2. The number of halogens is 1. The van der Waals surface area contributed by atoms with Crippen LogP contribution >= 0.6 is 11.6 Å². The molecule has 0 aliphatic heterocycles. The summed E-state index contributed by atoms with van der Waals surface area (Å²) in [4.78, 5) is 23.0. The summed E-state index contributed by atoms with van der Waals surface area (Å²) in [7, 11) is 4.07. The Morgan fingerprint density at radius 1 is 1.25 bits per heavy atom. The second kappa shape index (κ2) is 8.61. The molecule has 128 valence electrons. The average molecular weight is 348 g/mol. The van der Waals surface area contributed by atoms with E-state index in [4.69, 9.17) is 11.6 Å². The van der Waals surface area contributed by atoms with Crippen LogP contribution in [0.5, 0.6) is 0 Å². The molecule has 0 saturated carbocycles. The molecule has 1 amide bonds. The first-order valence-electron chi connectivity index (χ1n) is 7.76. The lowest BCUT2D eigenvalue weighted by Crippen LogP contribution is -2.18. The third-order valence-electron chi connectivity index (χ3n) is 3.28. The number of rotatable bonds is 7. The molecule has 1 aromatic carbocycles. The molecule has 0 fully saturated rings. The number of aromatic nitrogens is 2. The van der Waals surface area contributed by atoms with E-state index in [1.807, 2.05) is 26.2 Å². The molecule has 1 aromatic heterocycles. The van der Waals surface area contributed by atoms with Crippen molar-refractivity contribution in [3.8, 4) is 0 Å². The summed E-state index contributed by atoms with van der Waals surface area (Å²) in [6.45, 7) is 3.52. The molecule has 0 radical (unpaired) electrons. The highest BCUT2D eigenvalue weighted by molar-refractivity contribution is 6.33. The average Bonchev–Trinajstić information content (AvgIpc) is 2.53. The maximum absolute atomic E-state index is 12.4. The molecule has 0 unspecified atom stereocenters. The van der Waals surface area contributed by atoms with Gasteiger partial charge in [0.1, 0.15) is 17.3 Å². The Bertz CT molecular complexity index is 705. The van der Waals surface area contributed by atoms with Crippen LogP contribution < -0.4 is 10.6 Å². The van der Waals surface area contributed by atoms with Crippen molar-refractivity contribution in [2.45, 2.75) is 13.3 Å². The minimum absolute atomic E-state index is 0.303. The lowest BCUT2D eigenvalue weighted by Gasteiger charge is -2.11. The maximum Gasteiger partial charge on any atom is 0.274 e. The van der Waals surface area contributed by atoms with Crippen molar-refractivity contribution < 1.29 is 4.79 Å². The summed E-state index contributed by atoms with van der Waals surface area (Å²) in [5.74, 6) is 0.868. The molecule has 24 heavy (non-hydrogen) atoms. The molecule has 0 spiro atoms. The second-order valence-corrected chi connectivity index (χ2v) is 6.11. The molecule has 6 nitrogen and oxygen atoms in total. The van der Waals surface area contributed by atoms with Gasteiger partial charge in [0.2, 0.25) is 0 Å². The van der Waals surface area contributed by atoms with E-state index in [0.29, 0.717) is 28.0 Å². The Kier molecular flexibility index (Phi) is 6.52. The van der Waals surface area contributed by atoms with Crippen molar-refractivity contribution in [2.24, 2.45) is 0 Å². The predicted octanol–water partition coefficient (Wildman–Crippen LogP) is 3.05. The number of carbonyl (C=O) groups excluding carboxylic acids is 1. The standard InChI is InChI=1S/C17H22ClN5O/c1-12-20-15(11-16(21-12)19-9-6-10-23(2)3)17(24)22-14-8-5-4-7-13(14)18/h4-5,7-8,11H,6,9-10H2,1-3H3,(H,22,24)(H,19,20,21). The number of anilines is 2. The van der Waals surface area contributed by atoms with E-state index in [-0.39, 0.29) is 5.91 Å². The van der Waals surface area contributed by atoms with E-state index < -0.39 is 0 Å². The van der Waals surface area contributed by atoms with Gasteiger partial charge in [-0.05, 0) is 46.1 Å². The van der Waals surface area contributed by atoms with Crippen molar-refractivity contribution in [1.29, 1.82) is 0 Å². The fourth-order valence-corrected chi connectivity index (χ4v) is 2.32. The lowest BCUT2D eigenvalue weighted by molar-refractivity contribution is 0.102. The molecule has 1 heterocycles. The highest BCUT2D eigenvalue weighted by atomic mass is 35.5. The summed E-state index contributed by atoms with van der Waals surface area (Å²) in [6, 6.07) is 8.73. The largest absolute Gasteiger partial charge is 0.370 e. The Morgan fingerprint density at radius 2 is 2.00 bits per heavy atom. The maximum atomic E-state index is 12.4. The first kappa shape index (κ1) is 18.2. The van der Waals surface area contributed by atoms with Crippen LogP contribution in [0.15, 0.2) is 30.3 Å². The molecule has 0 saturated heterocycles. The molecule has 7 heteroatoms. The first-order valence-corrected chi connectivity index (χ1v) is 8.13. The van der Waals surface area contributed by atoms with Gasteiger partial charge in [-0.2, -0.15) is 0 Å². The summed E-state index contributed by atoms with van der Waals surface area (Å²) in [5, 5.41) is 6.48. The van der Waals surface area contributed by atoms with Gasteiger partial charge in [0, 0.05) is 12.6 Å². The smallest absolute Gasteiger partial charge is 0.274 e. The van der Waals surface area contributed by atoms with Crippen LogP contribution in [0.3, 0.4) is 0 Å². The van der Waals surface area contributed by atoms with E-state index in [1.165, 1.54) is 0 Å². The third-order valence-corrected chi connectivity index (χ3v) is 3.61. The zero-order valence-electron chi connectivity index (χ0n) is 14.1. The molecular weight excluding hydrogens is 326 g/mol. The van der Waals surface area contributed by atoms with Gasteiger partial charge in [-0.3, -0.25) is 4.79 Å². The Labute approximate surface area is 147 Å². The molecule has 0 aliphatic rings. The van der Waals surface area contributed by atoms with Crippen LogP contribution in [0.4, 0.5) is 11.5 Å². The van der Waals surface area contributed by atoms with E-state index in [9.17, 15) is 4.79 Å². The van der Waals surface area contributed by atoms with Gasteiger partial charge in [-0.25, -0.2) is 9.97 Å². The second-order valence-electron chi connectivity index (χ2n) is 5.70. The van der Waals surface area contributed by atoms with Crippen molar-refractivity contribution in [2.75, 3.05) is 37.8 Å². The van der Waals surface area contributed by atoms with Gasteiger partial charge in [-0.15, -0.1) is 0 Å². The third kappa shape index (κ3) is 5.47. The first-order chi connectivity index (χ1) is 11.5. The van der Waals surface area contributed by atoms with E-state index in [2.05, 4.69) is 25.5 Å². The fourth-order valence-electron chi connectivity index (χ4n) is 2.14. The normalized spacial score (nSPS) is 10.7. The van der Waals surface area contributed by atoms with Crippen LogP contribution in [-0.2, 0) is 0 Å². The van der Waals surface area contributed by atoms with Crippen molar-refractivity contribution in [3.63, 3.8) is 0 Å². The van der Waals surface area contributed by atoms with Crippen LogP contribution in [-0.4, -0.2) is 48.0 Å². The number of benzene rings is 1. The Hall–Kier alpha value is -2.18. The molecule has 0 aliphatic carbocycles. The van der Waals surface area contributed by atoms with Crippen LogP contribution in [0.1, 0.15) is 22.7 Å². The highest BCUT2D eigenvalue weighted by Crippen LogP contribution is 2.21. The minimum Gasteiger partial charge on any atom is -0.370 e. The SMILES string of the molecule is Cc1nc(NCCCN(C)C)cc(C(=O)Nc2ccccc2Cl)n1. The van der Waals surface area contributed by atoms with Gasteiger partial charge < -0.3 is 15.5 Å². The fraction of sp³-hybridized carbons (Fsp3) is 0.353. The van der Waals surface area contributed by atoms with E-state index in [1.54, 1.807) is 25.1 Å². The lowest BCUT2D eigenvalue weighted by atomic mass is 10.3. The van der Waals surface area contributed by atoms with Crippen molar-refractivity contribution >= 4 is 29.0 Å². The summed E-state index contributed by atoms with van der Waals surface area (Å²) < 4.78 is 0. The molecule has 0 atom stereocenters. The zero-order chi connectivity index (χ0) is 17.5. The van der Waals surface area contributed by atoms with E-state index in [0.717, 1.165) is 19.5 Å². The monoisotopic (exact) mass is 347 g/mol. The zero-order valence-corrected chi connectivity index (χ0v) is 14.9. The highest BCUT2D eigenvalue weighted by Gasteiger charge is 2.12. The molecular formula is C17H22ClN5O. The minimum atomic E-state index is -0.315. The Balaban J connectivity index is 2.04. The van der Waals surface area contributed by atoms with Gasteiger partial charge >= 0.3 is 0 Å². The van der Waals surface area contributed by atoms with E-state index >= 15 is 0 Å². The summed E-state index contributed by atoms with van der Waals surface area (Å²) >= 11 is 6.06. The molecule has 2 N–H and O–H groups in total. The summed E-state index contributed by atoms with van der Waals surface area (Å²) in [5.41, 5.74) is 0.860. The van der Waals surface area contributed by atoms with Gasteiger partial charge in [0.05, 0.1) is 10.7 Å². The quantitative estimate of drug-likeness (QED) is 0.753. The van der Waals surface area contributed by atoms with Gasteiger partial charge in [0.15, 0.2) is 0 Å². The number of hydrogen-bond acceptors (Lipinski definition) is 5. The number of nitrogens with one attached hydrogen (secondary N) is 2. The van der Waals surface area contributed by atoms with Crippen molar-refractivity contribution in [1.82, 2.24) is 14.9 Å². The Morgan fingerprint density at radius 3 is 2.71 bits per heavy atom. The topological polar surface area (TPSA) is 70.2 Å². The number of aryl methyl sites for hydroxylation is 1. The number of amides is 1. The number of para-hydroxylation sites is 1. The van der Waals surface area contributed by atoms with Gasteiger partial charge in [-0.1, -0.05) is 23.7 Å². The molecule has 0 bridgehead atoms. The van der Waals surface area contributed by atoms with Crippen LogP contribution in [0, 0.1) is 6.92 Å². The molecule has 2 aromatic rings. The van der Waals surface area contributed by atoms with Crippen molar-refractivity contribution in [3.05, 3.63) is 46.9 Å². The number of nitrogens with zero attached hydrogens (tertiary/aromatic N) is 3.